The molecule has 1 atom stereocenters. The molecule has 1 spiro atoms. The minimum Gasteiger partial charge on any atom is -0.492 e. The molecule has 132 valence electrons. The van der Waals surface area contributed by atoms with Crippen molar-refractivity contribution in [2.45, 2.75) is 25.9 Å². The maximum atomic E-state index is 12.7. The lowest BCUT2D eigenvalue weighted by Crippen LogP contribution is -2.66. The Kier molecular flexibility index (Phi) is 4.25. The lowest BCUT2D eigenvalue weighted by atomic mass is 9.81. The van der Waals surface area contributed by atoms with Gasteiger partial charge in [0, 0.05) is 23.6 Å². The number of nitrogens with zero attached hydrogens (tertiary/aromatic N) is 2. The molecule has 25 heavy (non-hydrogen) atoms. The van der Waals surface area contributed by atoms with Crippen molar-refractivity contribution in [3.8, 4) is 5.75 Å². The zero-order chi connectivity index (χ0) is 17.4. The third-order valence-corrected chi connectivity index (χ3v) is 6.41. The van der Waals surface area contributed by atoms with Crippen LogP contribution in [-0.4, -0.2) is 47.7 Å². The number of likely N-dealkylation sites (tertiary alicyclic amines) is 1. The molecule has 4 rings (SSSR count). The molecule has 1 amide bonds. The monoisotopic (exact) mass is 358 g/mol. The maximum Gasteiger partial charge on any atom is 0.264 e. The first-order chi connectivity index (χ1) is 12.1. The number of thiophene rings is 1. The zero-order valence-corrected chi connectivity index (χ0v) is 15.3. The van der Waals surface area contributed by atoms with Gasteiger partial charge in [-0.1, -0.05) is 0 Å². The third-order valence-electron chi connectivity index (χ3n) is 5.27. The fraction of sp³-hybridized carbons (Fsp3) is 0.474. The van der Waals surface area contributed by atoms with Crippen LogP contribution in [-0.2, 0) is 4.74 Å². The van der Waals surface area contributed by atoms with Crippen LogP contribution in [0, 0.1) is 19.8 Å². The predicted octanol–water partition coefficient (Wildman–Crippen LogP) is 3.07. The van der Waals surface area contributed by atoms with Crippen LogP contribution >= 0.6 is 11.3 Å². The van der Waals surface area contributed by atoms with Gasteiger partial charge in [0.05, 0.1) is 30.8 Å². The molecule has 2 fully saturated rings. The summed E-state index contributed by atoms with van der Waals surface area (Å²) in [5.74, 6) is 1.21. The molecule has 1 unspecified atom stereocenters. The van der Waals surface area contributed by atoms with Gasteiger partial charge in [0.1, 0.15) is 11.4 Å². The second-order valence-corrected chi connectivity index (χ2v) is 8.17. The van der Waals surface area contributed by atoms with Crippen LogP contribution in [0.15, 0.2) is 30.6 Å². The van der Waals surface area contributed by atoms with Crippen molar-refractivity contribution >= 4 is 17.2 Å². The third kappa shape index (κ3) is 3.04. The van der Waals surface area contributed by atoms with Gasteiger partial charge in [0.15, 0.2) is 0 Å². The van der Waals surface area contributed by atoms with Crippen molar-refractivity contribution in [2.24, 2.45) is 5.92 Å². The van der Waals surface area contributed by atoms with Crippen molar-refractivity contribution in [1.82, 2.24) is 9.88 Å². The highest BCUT2D eigenvalue weighted by atomic mass is 32.1. The highest BCUT2D eigenvalue weighted by Gasteiger charge is 2.54. The van der Waals surface area contributed by atoms with E-state index in [4.69, 9.17) is 9.47 Å². The molecule has 0 N–H and O–H groups in total. The summed E-state index contributed by atoms with van der Waals surface area (Å²) in [4.78, 5) is 20.7. The van der Waals surface area contributed by atoms with E-state index in [0.29, 0.717) is 25.6 Å². The molecular formula is C19H22N2O3S. The normalized spacial score (nSPS) is 21.4. The predicted molar refractivity (Wildman–Crippen MR) is 96.2 cm³/mol. The minimum absolute atomic E-state index is 0.120. The SMILES string of the molecule is Cc1cc(C(=O)N2CC3(C2)OCCC3COc2cccnc2)sc1C. The Bertz CT molecular complexity index is 749. The number of amides is 1. The second-order valence-electron chi connectivity index (χ2n) is 6.91. The standard InChI is InChI=1S/C19H22N2O3S/c1-13-8-17(25-14(13)2)18(22)21-11-19(12-21)15(5-7-24-19)10-23-16-4-3-6-20-9-16/h3-4,6,8-9,15H,5,7,10-12H2,1-2H3. The number of pyridine rings is 1. The molecule has 4 heterocycles. The van der Waals surface area contributed by atoms with Gasteiger partial charge in [0.2, 0.25) is 0 Å². The van der Waals surface area contributed by atoms with Crippen molar-refractivity contribution < 1.29 is 14.3 Å². The van der Waals surface area contributed by atoms with Gasteiger partial charge < -0.3 is 14.4 Å². The summed E-state index contributed by atoms with van der Waals surface area (Å²) in [6.07, 6.45) is 4.43. The summed E-state index contributed by atoms with van der Waals surface area (Å²) in [6, 6.07) is 5.77. The highest BCUT2D eigenvalue weighted by Crippen LogP contribution is 2.41. The van der Waals surface area contributed by atoms with Gasteiger partial charge >= 0.3 is 0 Å². The fourth-order valence-electron chi connectivity index (χ4n) is 3.58. The minimum atomic E-state index is -0.237. The fourth-order valence-corrected chi connectivity index (χ4v) is 4.58. The Morgan fingerprint density at radius 1 is 1.48 bits per heavy atom. The van der Waals surface area contributed by atoms with Crippen LogP contribution in [0.1, 0.15) is 26.5 Å². The highest BCUT2D eigenvalue weighted by molar-refractivity contribution is 7.14. The number of ether oxygens (including phenoxy) is 2. The van der Waals surface area contributed by atoms with Crippen molar-refractivity contribution in [3.63, 3.8) is 0 Å². The van der Waals surface area contributed by atoms with Gasteiger partial charge in [0.25, 0.3) is 5.91 Å². The first-order valence-electron chi connectivity index (χ1n) is 8.60. The van der Waals surface area contributed by atoms with E-state index in [0.717, 1.165) is 23.7 Å². The number of carbonyl (C=O) groups excluding carboxylic acids is 1. The number of rotatable bonds is 4. The molecule has 6 heteroatoms. The first kappa shape index (κ1) is 16.5. The van der Waals surface area contributed by atoms with E-state index < -0.39 is 0 Å². The summed E-state index contributed by atoms with van der Waals surface area (Å²) in [7, 11) is 0. The van der Waals surface area contributed by atoms with E-state index in [1.807, 2.05) is 30.0 Å². The molecule has 0 bridgehead atoms. The number of aryl methyl sites for hydroxylation is 2. The van der Waals surface area contributed by atoms with Gasteiger partial charge in [-0.25, -0.2) is 0 Å². The molecule has 2 aliphatic rings. The zero-order valence-electron chi connectivity index (χ0n) is 14.5. The lowest BCUT2D eigenvalue weighted by Gasteiger charge is -2.49. The van der Waals surface area contributed by atoms with Gasteiger partial charge in [-0.15, -0.1) is 11.3 Å². The molecule has 0 aromatic carbocycles. The molecule has 0 saturated carbocycles. The Labute approximate surface area is 151 Å². The Hall–Kier alpha value is -1.92. The summed E-state index contributed by atoms with van der Waals surface area (Å²) in [5, 5.41) is 0. The second kappa shape index (κ2) is 6.42. The summed E-state index contributed by atoms with van der Waals surface area (Å²) in [5.41, 5.74) is 0.947. The number of hydrogen-bond acceptors (Lipinski definition) is 5. The van der Waals surface area contributed by atoms with E-state index >= 15 is 0 Å². The largest absolute Gasteiger partial charge is 0.492 e. The van der Waals surface area contributed by atoms with E-state index in [1.165, 1.54) is 10.4 Å². The Balaban J connectivity index is 1.37. The van der Waals surface area contributed by atoms with Crippen LogP contribution in [0.25, 0.3) is 0 Å². The molecule has 5 nitrogen and oxygen atoms in total. The van der Waals surface area contributed by atoms with E-state index in [9.17, 15) is 4.79 Å². The van der Waals surface area contributed by atoms with Crippen LogP contribution < -0.4 is 4.74 Å². The number of aromatic nitrogens is 1. The summed E-state index contributed by atoms with van der Waals surface area (Å²) >= 11 is 1.58. The summed E-state index contributed by atoms with van der Waals surface area (Å²) in [6.45, 7) is 6.75. The molecule has 0 aliphatic carbocycles. The average Bonchev–Trinajstić information content (AvgIpc) is 3.16. The maximum absolute atomic E-state index is 12.7. The smallest absolute Gasteiger partial charge is 0.264 e. The van der Waals surface area contributed by atoms with Crippen LogP contribution in [0.4, 0.5) is 0 Å². The number of carbonyl (C=O) groups is 1. The summed E-state index contributed by atoms with van der Waals surface area (Å²) < 4.78 is 11.9. The van der Waals surface area contributed by atoms with Gasteiger partial charge in [-0.05, 0) is 44.0 Å². The van der Waals surface area contributed by atoms with Gasteiger partial charge in [-0.2, -0.15) is 0 Å². The van der Waals surface area contributed by atoms with Crippen molar-refractivity contribution in [3.05, 3.63) is 45.9 Å². The lowest BCUT2D eigenvalue weighted by molar-refractivity contribution is -0.122. The van der Waals surface area contributed by atoms with E-state index in [2.05, 4.69) is 11.9 Å². The van der Waals surface area contributed by atoms with E-state index in [-0.39, 0.29) is 11.5 Å². The van der Waals surface area contributed by atoms with Gasteiger partial charge in [-0.3, -0.25) is 9.78 Å². The molecule has 2 aromatic rings. The van der Waals surface area contributed by atoms with Crippen LogP contribution in [0.3, 0.4) is 0 Å². The quantitative estimate of drug-likeness (QED) is 0.843. The van der Waals surface area contributed by atoms with Crippen LogP contribution in [0.2, 0.25) is 0 Å². The van der Waals surface area contributed by atoms with E-state index in [1.54, 1.807) is 23.7 Å². The first-order valence-corrected chi connectivity index (χ1v) is 9.42. The van der Waals surface area contributed by atoms with Crippen molar-refractivity contribution in [1.29, 1.82) is 0 Å². The molecule has 2 saturated heterocycles. The average molecular weight is 358 g/mol. The Morgan fingerprint density at radius 3 is 3.00 bits per heavy atom. The molecule has 2 aliphatic heterocycles. The Morgan fingerprint density at radius 2 is 2.32 bits per heavy atom. The topological polar surface area (TPSA) is 51.7 Å². The molecular weight excluding hydrogens is 336 g/mol. The number of hydrogen-bond donors (Lipinski definition) is 0. The van der Waals surface area contributed by atoms with Crippen molar-refractivity contribution in [2.75, 3.05) is 26.3 Å². The molecule has 0 radical (unpaired) electrons. The van der Waals surface area contributed by atoms with Crippen LogP contribution in [0.5, 0.6) is 5.75 Å². The molecule has 2 aromatic heterocycles.